The summed E-state index contributed by atoms with van der Waals surface area (Å²) in [6.45, 7) is 3.30. The van der Waals surface area contributed by atoms with Crippen molar-refractivity contribution in [2.75, 3.05) is 49.1 Å². The number of halogens is 3. The lowest BCUT2D eigenvalue weighted by Gasteiger charge is -2.60. The van der Waals surface area contributed by atoms with Crippen LogP contribution in [-0.2, 0) is 0 Å². The summed E-state index contributed by atoms with van der Waals surface area (Å²) >= 11 is 6.00. The van der Waals surface area contributed by atoms with E-state index in [4.69, 9.17) is 16.3 Å². The smallest absolute Gasteiger partial charge is 0.324 e. The van der Waals surface area contributed by atoms with Crippen LogP contribution in [0.3, 0.4) is 0 Å². The molecular formula is C19H17ClF2N4O2. The first-order chi connectivity index (χ1) is 13.4. The van der Waals surface area contributed by atoms with Crippen molar-refractivity contribution >= 4 is 29.1 Å². The molecule has 0 bridgehead atoms. The molecule has 2 amide bonds. The van der Waals surface area contributed by atoms with Crippen LogP contribution in [0.1, 0.15) is 0 Å². The second-order valence-electron chi connectivity index (χ2n) is 7.57. The fraction of sp³-hybridized carbons (Fsp3) is 0.368. The highest BCUT2D eigenvalue weighted by Gasteiger charge is 2.54. The van der Waals surface area contributed by atoms with Crippen LogP contribution in [0.15, 0.2) is 30.5 Å². The molecule has 0 unspecified atom stereocenters. The van der Waals surface area contributed by atoms with Crippen LogP contribution in [0.5, 0.6) is 5.75 Å². The first-order valence-electron chi connectivity index (χ1n) is 8.99. The Kier molecular flexibility index (Phi) is 3.87. The molecule has 1 aromatic carbocycles. The topological polar surface area (TPSA) is 48.9 Å². The highest BCUT2D eigenvalue weighted by atomic mass is 35.5. The first-order valence-corrected chi connectivity index (χ1v) is 9.37. The lowest BCUT2D eigenvalue weighted by molar-refractivity contribution is 0.00892. The van der Waals surface area contributed by atoms with Gasteiger partial charge in [0.15, 0.2) is 11.6 Å². The highest BCUT2D eigenvalue weighted by molar-refractivity contribution is 6.30. The van der Waals surface area contributed by atoms with Gasteiger partial charge in [-0.25, -0.2) is 18.6 Å². The number of aromatic nitrogens is 1. The molecule has 0 saturated carbocycles. The Morgan fingerprint density at radius 3 is 2.71 bits per heavy atom. The summed E-state index contributed by atoms with van der Waals surface area (Å²) in [5.74, 6) is -0.583. The molecule has 0 aliphatic carbocycles. The van der Waals surface area contributed by atoms with Gasteiger partial charge in [-0.2, -0.15) is 0 Å². The zero-order valence-corrected chi connectivity index (χ0v) is 15.6. The van der Waals surface area contributed by atoms with Gasteiger partial charge in [0, 0.05) is 48.7 Å². The number of fused-ring (bicyclic) bond motifs is 1. The van der Waals surface area contributed by atoms with Crippen LogP contribution in [0.2, 0.25) is 5.02 Å². The first kappa shape index (κ1) is 17.5. The number of urea groups is 1. The molecule has 146 valence electrons. The number of ether oxygens (including phenoxy) is 1. The predicted octanol–water partition coefficient (Wildman–Crippen LogP) is 3.15. The minimum absolute atomic E-state index is 0.0483. The van der Waals surface area contributed by atoms with Crippen molar-refractivity contribution in [1.82, 2.24) is 9.88 Å². The molecule has 3 aliphatic rings. The standard InChI is InChI=1S/C19H17ClF2N4O2/c20-12-1-2-15-16(5-12)28-4-3-26(15)18(27)25-10-19(11-25)8-24(9-19)17-14(22)6-13(21)7-23-17/h1-2,5-7H,3-4,8-11H2. The number of nitrogens with zero attached hydrogens (tertiary/aromatic N) is 4. The van der Waals surface area contributed by atoms with E-state index in [9.17, 15) is 13.6 Å². The van der Waals surface area contributed by atoms with Crippen molar-refractivity contribution in [3.63, 3.8) is 0 Å². The van der Waals surface area contributed by atoms with Crippen molar-refractivity contribution in [3.05, 3.63) is 47.1 Å². The second-order valence-corrected chi connectivity index (χ2v) is 8.00. The van der Waals surface area contributed by atoms with E-state index < -0.39 is 11.6 Å². The van der Waals surface area contributed by atoms with Crippen LogP contribution in [-0.4, -0.2) is 55.2 Å². The number of pyridine rings is 1. The minimum Gasteiger partial charge on any atom is -0.489 e. The quantitative estimate of drug-likeness (QED) is 0.730. The molecule has 6 nitrogen and oxygen atoms in total. The van der Waals surface area contributed by atoms with E-state index in [0.717, 1.165) is 18.0 Å². The van der Waals surface area contributed by atoms with Crippen LogP contribution < -0.4 is 14.5 Å². The fourth-order valence-electron chi connectivity index (χ4n) is 4.22. The molecule has 0 atom stereocenters. The van der Waals surface area contributed by atoms with Gasteiger partial charge < -0.3 is 14.5 Å². The van der Waals surface area contributed by atoms with Crippen molar-refractivity contribution in [1.29, 1.82) is 0 Å². The fourth-order valence-corrected chi connectivity index (χ4v) is 4.38. The summed E-state index contributed by atoms with van der Waals surface area (Å²) in [4.78, 5) is 22.1. The minimum atomic E-state index is -0.691. The van der Waals surface area contributed by atoms with Crippen molar-refractivity contribution < 1.29 is 18.3 Å². The van der Waals surface area contributed by atoms with Crippen LogP contribution in [0.25, 0.3) is 0 Å². The van der Waals surface area contributed by atoms with Crippen molar-refractivity contribution in [3.8, 4) is 5.75 Å². The number of amides is 2. The maximum Gasteiger partial charge on any atom is 0.324 e. The maximum absolute atomic E-state index is 13.9. The van der Waals surface area contributed by atoms with Crippen molar-refractivity contribution in [2.24, 2.45) is 5.41 Å². The number of rotatable bonds is 1. The predicted molar refractivity (Wildman–Crippen MR) is 100 cm³/mol. The molecule has 1 aromatic heterocycles. The number of hydrogen-bond donors (Lipinski definition) is 0. The van der Waals surface area contributed by atoms with Crippen LogP contribution >= 0.6 is 11.6 Å². The summed E-state index contributed by atoms with van der Waals surface area (Å²) in [5, 5.41) is 0.562. The number of carbonyl (C=O) groups excluding carboxylic acids is 1. The van der Waals surface area contributed by atoms with Gasteiger partial charge in [0.1, 0.15) is 18.2 Å². The van der Waals surface area contributed by atoms with E-state index in [1.54, 1.807) is 32.9 Å². The largest absolute Gasteiger partial charge is 0.489 e. The molecule has 28 heavy (non-hydrogen) atoms. The van der Waals surface area contributed by atoms with E-state index >= 15 is 0 Å². The molecule has 3 aliphatic heterocycles. The monoisotopic (exact) mass is 406 g/mol. The van der Waals surface area contributed by atoms with Gasteiger partial charge in [-0.15, -0.1) is 0 Å². The van der Waals surface area contributed by atoms with Gasteiger partial charge >= 0.3 is 6.03 Å². The molecule has 2 fully saturated rings. The molecule has 1 spiro atoms. The van der Waals surface area contributed by atoms with Gasteiger partial charge in [-0.3, -0.25) is 4.90 Å². The highest BCUT2D eigenvalue weighted by Crippen LogP contribution is 2.43. The van der Waals surface area contributed by atoms with Gasteiger partial charge in [-0.1, -0.05) is 11.6 Å². The molecule has 2 saturated heterocycles. The molecule has 5 rings (SSSR count). The molecule has 4 heterocycles. The van der Waals surface area contributed by atoms with Gasteiger partial charge in [0.05, 0.1) is 18.4 Å². The summed E-state index contributed by atoms with van der Waals surface area (Å²) < 4.78 is 32.5. The zero-order valence-electron chi connectivity index (χ0n) is 14.9. The van der Waals surface area contributed by atoms with E-state index in [-0.39, 0.29) is 17.3 Å². The Labute approximate surface area is 165 Å². The number of anilines is 2. The summed E-state index contributed by atoms with van der Waals surface area (Å²) in [5.41, 5.74) is 0.669. The lowest BCUT2D eigenvalue weighted by atomic mass is 9.73. The van der Waals surface area contributed by atoms with Gasteiger partial charge in [-0.05, 0) is 12.1 Å². The third-order valence-corrected chi connectivity index (χ3v) is 5.71. The van der Waals surface area contributed by atoms with Gasteiger partial charge in [0.25, 0.3) is 0 Å². The Morgan fingerprint density at radius 2 is 1.96 bits per heavy atom. The van der Waals surface area contributed by atoms with E-state index in [1.165, 1.54) is 0 Å². The Balaban J connectivity index is 1.23. The Morgan fingerprint density at radius 1 is 1.18 bits per heavy atom. The number of benzene rings is 1. The van der Waals surface area contributed by atoms with Crippen molar-refractivity contribution in [2.45, 2.75) is 0 Å². The van der Waals surface area contributed by atoms with E-state index in [0.29, 0.717) is 50.1 Å². The average molecular weight is 407 g/mol. The number of carbonyl (C=O) groups is 1. The van der Waals surface area contributed by atoms with Gasteiger partial charge in [0.2, 0.25) is 0 Å². The van der Waals surface area contributed by atoms with Crippen LogP contribution in [0, 0.1) is 17.0 Å². The lowest BCUT2D eigenvalue weighted by Crippen LogP contribution is -2.74. The molecule has 0 N–H and O–H groups in total. The molecule has 0 radical (unpaired) electrons. The summed E-state index contributed by atoms with van der Waals surface area (Å²) in [6, 6.07) is 6.01. The molecule has 9 heteroatoms. The number of likely N-dealkylation sites (tertiary alicyclic amines) is 1. The normalized spacial score (nSPS) is 19.6. The van der Waals surface area contributed by atoms with Crippen LogP contribution in [0.4, 0.5) is 25.1 Å². The average Bonchev–Trinajstić information content (AvgIpc) is 2.59. The zero-order chi connectivity index (χ0) is 19.5. The molecular weight excluding hydrogens is 390 g/mol. The second kappa shape index (κ2) is 6.20. The molecule has 2 aromatic rings. The van der Waals surface area contributed by atoms with E-state index in [1.807, 2.05) is 0 Å². The van der Waals surface area contributed by atoms with E-state index in [2.05, 4.69) is 4.98 Å². The third-order valence-electron chi connectivity index (χ3n) is 5.48. The Bertz CT molecular complexity index is 959. The summed E-state index contributed by atoms with van der Waals surface area (Å²) in [6.07, 6.45) is 1.02. The SMILES string of the molecule is O=C(N1CC2(C1)CN(c1ncc(F)cc1F)C2)N1CCOc2cc(Cl)ccc21. The maximum atomic E-state index is 13.9. The number of hydrogen-bond acceptors (Lipinski definition) is 4. The summed E-state index contributed by atoms with van der Waals surface area (Å²) in [7, 11) is 0. The third kappa shape index (κ3) is 2.74. The Hall–Kier alpha value is -2.61.